The highest BCUT2D eigenvalue weighted by atomic mass is 16.5. The van der Waals surface area contributed by atoms with E-state index in [0.717, 1.165) is 43.2 Å². The normalized spacial score (nSPS) is 13.8. The van der Waals surface area contributed by atoms with Crippen molar-refractivity contribution < 1.29 is 9.53 Å². The Morgan fingerprint density at radius 1 is 1.00 bits per heavy atom. The summed E-state index contributed by atoms with van der Waals surface area (Å²) in [7, 11) is 0. The van der Waals surface area contributed by atoms with E-state index in [1.165, 1.54) is 12.6 Å². The van der Waals surface area contributed by atoms with E-state index in [2.05, 4.69) is 42.6 Å². The lowest BCUT2D eigenvalue weighted by Crippen LogP contribution is -2.36. The quantitative estimate of drug-likeness (QED) is 0.445. The van der Waals surface area contributed by atoms with E-state index in [-0.39, 0.29) is 5.91 Å². The predicted octanol–water partition coefficient (Wildman–Crippen LogP) is 3.56. The number of hydrogen-bond acceptors (Lipinski definition) is 7. The van der Waals surface area contributed by atoms with Crippen molar-refractivity contribution in [2.75, 3.05) is 41.8 Å². The first-order chi connectivity index (χ1) is 15.7. The molecule has 1 aliphatic rings. The number of ether oxygens (including phenoxy) is 1. The lowest BCUT2D eigenvalue weighted by Gasteiger charge is -2.28. The van der Waals surface area contributed by atoms with E-state index in [0.29, 0.717) is 22.8 Å². The summed E-state index contributed by atoms with van der Waals surface area (Å²) >= 11 is 0. The number of anilines is 4. The average molecular weight is 429 g/mol. The van der Waals surface area contributed by atoms with Crippen LogP contribution in [0.1, 0.15) is 6.92 Å². The van der Waals surface area contributed by atoms with Gasteiger partial charge in [0.25, 0.3) is 0 Å². The lowest BCUT2D eigenvalue weighted by molar-refractivity contribution is -0.114. The van der Waals surface area contributed by atoms with Crippen molar-refractivity contribution in [2.45, 2.75) is 6.92 Å². The third kappa shape index (κ3) is 4.23. The molecular weight excluding hydrogens is 406 g/mol. The minimum absolute atomic E-state index is 0.111. The van der Waals surface area contributed by atoms with Crippen LogP contribution in [-0.2, 0) is 9.53 Å². The highest BCUT2D eigenvalue weighted by Crippen LogP contribution is 2.28. The smallest absolute Gasteiger partial charge is 0.229 e. The van der Waals surface area contributed by atoms with Crippen molar-refractivity contribution in [2.24, 2.45) is 0 Å². The predicted molar refractivity (Wildman–Crippen MR) is 124 cm³/mol. The van der Waals surface area contributed by atoms with Gasteiger partial charge < -0.3 is 25.3 Å². The van der Waals surface area contributed by atoms with E-state index >= 15 is 0 Å². The zero-order chi connectivity index (χ0) is 21.9. The van der Waals surface area contributed by atoms with Gasteiger partial charge in [-0.3, -0.25) is 4.79 Å². The van der Waals surface area contributed by atoms with Gasteiger partial charge in [-0.25, -0.2) is 9.97 Å². The Morgan fingerprint density at radius 3 is 2.44 bits per heavy atom. The van der Waals surface area contributed by atoms with Crippen LogP contribution in [0.4, 0.5) is 23.0 Å². The molecule has 4 aromatic rings. The van der Waals surface area contributed by atoms with Crippen LogP contribution < -0.4 is 15.5 Å². The van der Waals surface area contributed by atoms with E-state index in [4.69, 9.17) is 9.72 Å². The summed E-state index contributed by atoms with van der Waals surface area (Å²) in [4.78, 5) is 30.3. The summed E-state index contributed by atoms with van der Waals surface area (Å²) < 4.78 is 5.43. The highest BCUT2D eigenvalue weighted by molar-refractivity contribution is 5.91. The van der Waals surface area contributed by atoms with E-state index in [9.17, 15) is 4.79 Å². The fraction of sp³-hybridized carbons (Fsp3) is 0.217. The molecule has 1 fully saturated rings. The first-order valence-electron chi connectivity index (χ1n) is 10.4. The van der Waals surface area contributed by atoms with Crippen LogP contribution in [0.25, 0.3) is 22.4 Å². The third-order valence-electron chi connectivity index (χ3n) is 5.26. The van der Waals surface area contributed by atoms with Gasteiger partial charge in [0.05, 0.1) is 19.5 Å². The van der Waals surface area contributed by atoms with Gasteiger partial charge in [0.2, 0.25) is 11.9 Å². The second-order valence-electron chi connectivity index (χ2n) is 7.53. The van der Waals surface area contributed by atoms with Crippen molar-refractivity contribution in [3.05, 3.63) is 54.9 Å². The molecule has 3 heterocycles. The molecule has 2 aromatic heterocycles. The minimum atomic E-state index is -0.111. The summed E-state index contributed by atoms with van der Waals surface area (Å²) in [5.41, 5.74) is 5.71. The van der Waals surface area contributed by atoms with Crippen molar-refractivity contribution in [3.8, 4) is 11.3 Å². The molecule has 162 valence electrons. The zero-order valence-corrected chi connectivity index (χ0v) is 17.6. The van der Waals surface area contributed by atoms with Crippen LogP contribution >= 0.6 is 0 Å². The van der Waals surface area contributed by atoms with Crippen molar-refractivity contribution in [3.63, 3.8) is 0 Å². The number of amides is 1. The molecule has 2 aromatic carbocycles. The molecule has 3 N–H and O–H groups in total. The van der Waals surface area contributed by atoms with Gasteiger partial charge in [-0.05, 0) is 36.4 Å². The fourth-order valence-electron chi connectivity index (χ4n) is 3.71. The summed E-state index contributed by atoms with van der Waals surface area (Å²) in [6.45, 7) is 4.79. The maximum atomic E-state index is 11.3. The number of nitrogens with zero attached hydrogens (tertiary/aromatic N) is 4. The zero-order valence-electron chi connectivity index (χ0n) is 17.6. The van der Waals surface area contributed by atoms with Crippen molar-refractivity contribution in [1.29, 1.82) is 0 Å². The van der Waals surface area contributed by atoms with Gasteiger partial charge in [-0.15, -0.1) is 0 Å². The lowest BCUT2D eigenvalue weighted by atomic mass is 10.1. The van der Waals surface area contributed by atoms with Gasteiger partial charge >= 0.3 is 0 Å². The van der Waals surface area contributed by atoms with Crippen LogP contribution in [0.5, 0.6) is 0 Å². The molecule has 5 rings (SSSR count). The SMILES string of the molecule is CC(=O)Nc1ccc(-c2nc(Nc3ccc(N4CCOCC4)cc3)nc3[nH]cnc23)cc1. The van der Waals surface area contributed by atoms with Crippen LogP contribution in [0.15, 0.2) is 54.9 Å². The molecule has 0 unspecified atom stereocenters. The second kappa shape index (κ2) is 8.64. The number of aromatic nitrogens is 4. The van der Waals surface area contributed by atoms with Gasteiger partial charge in [0.15, 0.2) is 5.65 Å². The van der Waals surface area contributed by atoms with Crippen molar-refractivity contribution in [1.82, 2.24) is 19.9 Å². The Bertz CT molecular complexity index is 1230. The van der Waals surface area contributed by atoms with Crippen molar-refractivity contribution >= 4 is 40.1 Å². The van der Waals surface area contributed by atoms with Gasteiger partial charge in [-0.1, -0.05) is 12.1 Å². The second-order valence-corrected chi connectivity index (χ2v) is 7.53. The minimum Gasteiger partial charge on any atom is -0.378 e. The Balaban J connectivity index is 1.41. The molecule has 0 aliphatic carbocycles. The van der Waals surface area contributed by atoms with Gasteiger partial charge in [-0.2, -0.15) is 4.98 Å². The average Bonchev–Trinajstić information content (AvgIpc) is 3.29. The van der Waals surface area contributed by atoms with Crippen LogP contribution in [0.2, 0.25) is 0 Å². The molecule has 9 heteroatoms. The third-order valence-corrected chi connectivity index (χ3v) is 5.26. The van der Waals surface area contributed by atoms with E-state index < -0.39 is 0 Å². The maximum absolute atomic E-state index is 11.3. The molecule has 0 bridgehead atoms. The Morgan fingerprint density at radius 2 is 1.72 bits per heavy atom. The van der Waals surface area contributed by atoms with Crippen LogP contribution in [0, 0.1) is 0 Å². The van der Waals surface area contributed by atoms with Gasteiger partial charge in [0.1, 0.15) is 11.2 Å². The Kier molecular flexibility index (Phi) is 5.39. The summed E-state index contributed by atoms with van der Waals surface area (Å²) in [5, 5.41) is 6.07. The molecular formula is C23H23N7O2. The Labute approximate surface area is 184 Å². The molecule has 1 saturated heterocycles. The molecule has 0 saturated carbocycles. The van der Waals surface area contributed by atoms with E-state index in [1.807, 2.05) is 36.4 Å². The van der Waals surface area contributed by atoms with Crippen LogP contribution in [-0.4, -0.2) is 52.1 Å². The van der Waals surface area contributed by atoms with E-state index in [1.54, 1.807) is 6.33 Å². The first-order valence-corrected chi connectivity index (χ1v) is 10.4. The molecule has 0 spiro atoms. The standard InChI is InChI=1S/C23H23N7O2/c1-15(31)26-17-4-2-16(3-5-17)20-21-22(25-14-24-21)29-23(28-20)27-18-6-8-19(9-7-18)30-10-12-32-13-11-30/h2-9,14H,10-13H2,1H3,(H,26,31)(H2,24,25,27,28,29). The number of nitrogens with one attached hydrogen (secondary N) is 3. The number of benzene rings is 2. The molecule has 0 radical (unpaired) electrons. The number of carbonyl (C=O) groups is 1. The fourth-order valence-corrected chi connectivity index (χ4v) is 3.71. The van der Waals surface area contributed by atoms with Gasteiger partial charge in [0, 0.05) is 42.6 Å². The number of carbonyl (C=O) groups excluding carboxylic acids is 1. The summed E-state index contributed by atoms with van der Waals surface area (Å²) in [5.74, 6) is 0.363. The number of H-pyrrole nitrogens is 1. The monoisotopic (exact) mass is 429 g/mol. The molecule has 32 heavy (non-hydrogen) atoms. The molecule has 0 atom stereocenters. The number of rotatable bonds is 5. The highest BCUT2D eigenvalue weighted by Gasteiger charge is 2.14. The molecule has 1 amide bonds. The topological polar surface area (TPSA) is 108 Å². The van der Waals surface area contributed by atoms with Crippen LogP contribution in [0.3, 0.4) is 0 Å². The number of hydrogen-bond donors (Lipinski definition) is 3. The maximum Gasteiger partial charge on any atom is 0.229 e. The Hall–Kier alpha value is -3.98. The molecule has 9 nitrogen and oxygen atoms in total. The number of morpholine rings is 1. The number of imidazole rings is 1. The first kappa shape index (κ1) is 20.0. The summed E-state index contributed by atoms with van der Waals surface area (Å²) in [6, 6.07) is 15.7. The molecule has 1 aliphatic heterocycles. The largest absolute Gasteiger partial charge is 0.378 e. The number of aromatic amines is 1. The number of fused-ring (bicyclic) bond motifs is 1. The summed E-state index contributed by atoms with van der Waals surface area (Å²) in [6.07, 6.45) is 1.61.